The predicted octanol–water partition coefficient (Wildman–Crippen LogP) is 1.20. The highest BCUT2D eigenvalue weighted by molar-refractivity contribution is 7.91. The van der Waals surface area contributed by atoms with Crippen LogP contribution in [0.15, 0.2) is 28.6 Å². The molecule has 0 fully saturated rings. The monoisotopic (exact) mass is 378 g/mol. The third kappa shape index (κ3) is 3.00. The number of hydrogen-bond donors (Lipinski definition) is 1. The largest absolute Gasteiger partial charge is 0.315 e. The summed E-state index contributed by atoms with van der Waals surface area (Å²) >= 11 is 1.25. The van der Waals surface area contributed by atoms with E-state index in [1.807, 2.05) is 30.7 Å². The highest BCUT2D eigenvalue weighted by atomic mass is 32.2. The van der Waals surface area contributed by atoms with Gasteiger partial charge in [-0.15, -0.1) is 21.5 Å². The van der Waals surface area contributed by atoms with Crippen LogP contribution in [-0.2, 0) is 30.0 Å². The van der Waals surface area contributed by atoms with Crippen LogP contribution in [0.2, 0.25) is 0 Å². The van der Waals surface area contributed by atoms with Crippen LogP contribution in [-0.4, -0.2) is 39.5 Å². The molecule has 0 aromatic carbocycles. The Morgan fingerprint density at radius 1 is 1.32 bits per heavy atom. The Morgan fingerprint density at radius 2 is 2.16 bits per heavy atom. The summed E-state index contributed by atoms with van der Waals surface area (Å²) in [5.74, 6) is 2.01. The van der Waals surface area contributed by atoms with Crippen molar-refractivity contribution < 1.29 is 8.42 Å². The number of aryl methyl sites for hydroxylation is 2. The van der Waals surface area contributed by atoms with E-state index >= 15 is 0 Å². The van der Waals surface area contributed by atoms with Gasteiger partial charge in [0, 0.05) is 32.8 Å². The zero-order valence-corrected chi connectivity index (χ0v) is 15.5. The van der Waals surface area contributed by atoms with Gasteiger partial charge < -0.3 is 4.57 Å². The fourth-order valence-corrected chi connectivity index (χ4v) is 5.57. The summed E-state index contributed by atoms with van der Waals surface area (Å²) in [5.41, 5.74) is 0.899. The van der Waals surface area contributed by atoms with E-state index in [-0.39, 0.29) is 5.92 Å². The first-order valence-corrected chi connectivity index (χ1v) is 10.2. The maximum absolute atomic E-state index is 12.6. The van der Waals surface area contributed by atoms with Gasteiger partial charge in [-0.05, 0) is 31.0 Å². The van der Waals surface area contributed by atoms with E-state index in [1.54, 1.807) is 16.9 Å². The molecule has 1 unspecified atom stereocenters. The van der Waals surface area contributed by atoms with Crippen LogP contribution in [0.5, 0.6) is 0 Å². The first-order valence-electron chi connectivity index (χ1n) is 7.90. The lowest BCUT2D eigenvalue weighted by Gasteiger charge is -2.10. The quantitative estimate of drug-likeness (QED) is 0.720. The van der Waals surface area contributed by atoms with Crippen LogP contribution in [0.3, 0.4) is 0 Å². The number of nitrogens with zero attached hydrogens (tertiary/aromatic N) is 5. The molecule has 0 radical (unpaired) electrons. The van der Waals surface area contributed by atoms with E-state index in [0.29, 0.717) is 10.8 Å². The van der Waals surface area contributed by atoms with Gasteiger partial charge in [0.2, 0.25) is 10.0 Å². The van der Waals surface area contributed by atoms with Crippen LogP contribution in [0, 0.1) is 12.8 Å². The molecule has 0 amide bonds. The number of aromatic nitrogens is 5. The van der Waals surface area contributed by atoms with Crippen LogP contribution < -0.4 is 4.72 Å². The molecule has 1 atom stereocenters. The fourth-order valence-electron chi connectivity index (χ4n) is 3.05. The summed E-state index contributed by atoms with van der Waals surface area (Å²) in [6.07, 6.45) is 2.44. The predicted molar refractivity (Wildman–Crippen MR) is 93.7 cm³/mol. The SMILES string of the molecule is Cc1nnc2n1CC(CNS(=O)(=O)c1ccc(-c3ccnn3C)s1)C2. The Kier molecular flexibility index (Phi) is 3.97. The Hall–Kier alpha value is -2.04. The molecular weight excluding hydrogens is 360 g/mol. The van der Waals surface area contributed by atoms with Gasteiger partial charge >= 0.3 is 0 Å². The van der Waals surface area contributed by atoms with E-state index in [1.165, 1.54) is 11.3 Å². The van der Waals surface area contributed by atoms with Crippen molar-refractivity contribution in [3.05, 3.63) is 36.0 Å². The van der Waals surface area contributed by atoms with E-state index in [2.05, 4.69) is 20.0 Å². The number of thiophene rings is 1. The van der Waals surface area contributed by atoms with Crippen molar-refractivity contribution in [1.82, 2.24) is 29.3 Å². The van der Waals surface area contributed by atoms with Gasteiger partial charge in [-0.2, -0.15) is 5.10 Å². The van der Waals surface area contributed by atoms with Gasteiger partial charge in [-0.1, -0.05) is 0 Å². The molecule has 0 spiro atoms. The smallest absolute Gasteiger partial charge is 0.250 e. The van der Waals surface area contributed by atoms with Gasteiger partial charge in [0.05, 0.1) is 10.6 Å². The van der Waals surface area contributed by atoms with Crippen molar-refractivity contribution in [2.75, 3.05) is 6.54 Å². The number of sulfonamides is 1. The highest BCUT2D eigenvalue weighted by Gasteiger charge is 2.27. The minimum atomic E-state index is -3.52. The molecule has 1 aliphatic heterocycles. The Labute approximate surface area is 149 Å². The van der Waals surface area contributed by atoms with E-state index in [0.717, 1.165) is 35.2 Å². The minimum absolute atomic E-state index is 0.204. The van der Waals surface area contributed by atoms with Crippen LogP contribution in [0.4, 0.5) is 0 Å². The average molecular weight is 378 g/mol. The molecular formula is C15H18N6O2S2. The van der Waals surface area contributed by atoms with Crippen molar-refractivity contribution >= 4 is 21.4 Å². The standard InChI is InChI=1S/C15H18N6O2S2/c1-10-18-19-14-7-11(9-21(10)14)8-17-25(22,23)15-4-3-13(24-15)12-5-6-16-20(12)2/h3-6,11,17H,7-9H2,1-2H3. The molecule has 1 N–H and O–H groups in total. The molecule has 0 bridgehead atoms. The van der Waals surface area contributed by atoms with Crippen LogP contribution >= 0.6 is 11.3 Å². The molecule has 0 saturated heterocycles. The molecule has 25 heavy (non-hydrogen) atoms. The molecule has 3 aromatic rings. The lowest BCUT2D eigenvalue weighted by Crippen LogP contribution is -2.29. The second-order valence-electron chi connectivity index (χ2n) is 6.15. The second-order valence-corrected chi connectivity index (χ2v) is 9.23. The minimum Gasteiger partial charge on any atom is -0.315 e. The van der Waals surface area contributed by atoms with Crippen molar-refractivity contribution in [2.24, 2.45) is 13.0 Å². The van der Waals surface area contributed by atoms with Gasteiger partial charge in [0.1, 0.15) is 15.9 Å². The topological polar surface area (TPSA) is 94.7 Å². The van der Waals surface area contributed by atoms with E-state index < -0.39 is 10.0 Å². The molecule has 3 aromatic heterocycles. The summed E-state index contributed by atoms with van der Waals surface area (Å²) < 4.78 is 32.0. The first kappa shape index (κ1) is 16.4. The van der Waals surface area contributed by atoms with Gasteiger partial charge in [-0.25, -0.2) is 13.1 Å². The fraction of sp³-hybridized carbons (Fsp3) is 0.400. The third-order valence-electron chi connectivity index (χ3n) is 4.41. The lowest BCUT2D eigenvalue weighted by molar-refractivity contribution is 0.488. The molecule has 4 rings (SSSR count). The lowest BCUT2D eigenvalue weighted by atomic mass is 10.1. The Balaban J connectivity index is 1.44. The molecule has 0 saturated carbocycles. The average Bonchev–Trinajstić information content (AvgIpc) is 3.31. The molecule has 8 nitrogen and oxygen atoms in total. The molecule has 4 heterocycles. The second kappa shape index (κ2) is 6.04. The zero-order valence-electron chi connectivity index (χ0n) is 13.9. The van der Waals surface area contributed by atoms with Gasteiger partial charge in [0.15, 0.2) is 0 Å². The maximum atomic E-state index is 12.6. The van der Waals surface area contributed by atoms with Crippen molar-refractivity contribution in [3.8, 4) is 10.6 Å². The Morgan fingerprint density at radius 3 is 2.88 bits per heavy atom. The highest BCUT2D eigenvalue weighted by Crippen LogP contribution is 2.30. The summed E-state index contributed by atoms with van der Waals surface area (Å²) in [7, 11) is -1.68. The van der Waals surface area contributed by atoms with Crippen LogP contribution in [0.1, 0.15) is 11.6 Å². The summed E-state index contributed by atoms with van der Waals surface area (Å²) in [6, 6.07) is 5.32. The normalized spacial score (nSPS) is 17.1. The van der Waals surface area contributed by atoms with Crippen molar-refractivity contribution in [2.45, 2.75) is 24.1 Å². The summed E-state index contributed by atoms with van der Waals surface area (Å²) in [5, 5.41) is 12.3. The van der Waals surface area contributed by atoms with Gasteiger partial charge in [-0.3, -0.25) is 4.68 Å². The number of rotatable bonds is 5. The molecule has 1 aliphatic rings. The van der Waals surface area contributed by atoms with Crippen LogP contribution in [0.25, 0.3) is 10.6 Å². The van der Waals surface area contributed by atoms with Crippen molar-refractivity contribution in [3.63, 3.8) is 0 Å². The third-order valence-corrected chi connectivity index (χ3v) is 7.43. The maximum Gasteiger partial charge on any atom is 0.250 e. The molecule has 132 valence electrons. The summed E-state index contributed by atoms with van der Waals surface area (Å²) in [6.45, 7) is 3.06. The van der Waals surface area contributed by atoms with Gasteiger partial charge in [0.25, 0.3) is 0 Å². The molecule has 0 aliphatic carbocycles. The number of hydrogen-bond acceptors (Lipinski definition) is 6. The first-order chi connectivity index (χ1) is 11.9. The summed E-state index contributed by atoms with van der Waals surface area (Å²) in [4.78, 5) is 0.878. The van der Waals surface area contributed by atoms with Crippen molar-refractivity contribution in [1.29, 1.82) is 0 Å². The number of nitrogens with one attached hydrogen (secondary N) is 1. The Bertz CT molecular complexity index is 1020. The van der Waals surface area contributed by atoms with E-state index in [4.69, 9.17) is 0 Å². The zero-order chi connectivity index (χ0) is 17.6. The number of fused-ring (bicyclic) bond motifs is 1. The van der Waals surface area contributed by atoms with E-state index in [9.17, 15) is 8.42 Å². The molecule has 10 heteroatoms.